The standard InChI is InChI=1S/C32H39N5O4/c1-40-28-12-11-20(18-29(28)41-2)30-24-8-3-4-9-25(24)31(38)37(35-30)22-13-15-36(16-14-22)32(39)26(33)17-21-19-34-27-10-6-5-7-23(21)27/h5-7,10-12,18-19,22,24-26,34H,3-4,8-9,13-17,33H2,1-2H3/t24-,25+,26+/m0/s1. The van der Waals surface area contributed by atoms with E-state index in [9.17, 15) is 9.59 Å². The van der Waals surface area contributed by atoms with Crippen LogP contribution in [0.5, 0.6) is 11.5 Å². The molecule has 41 heavy (non-hydrogen) atoms. The fraction of sp³-hybridized carbons (Fsp3) is 0.469. The van der Waals surface area contributed by atoms with Crippen LogP contribution in [0.15, 0.2) is 53.8 Å². The average Bonchev–Trinajstić information content (AvgIpc) is 3.43. The lowest BCUT2D eigenvalue weighted by Gasteiger charge is -2.43. The molecule has 1 saturated carbocycles. The van der Waals surface area contributed by atoms with Crippen LogP contribution in [0, 0.1) is 11.8 Å². The quantitative estimate of drug-likeness (QED) is 0.454. The molecule has 1 aromatic heterocycles. The van der Waals surface area contributed by atoms with Gasteiger partial charge >= 0.3 is 0 Å². The van der Waals surface area contributed by atoms with Crippen molar-refractivity contribution in [2.24, 2.45) is 22.7 Å². The Morgan fingerprint density at radius 3 is 2.51 bits per heavy atom. The first-order valence-electron chi connectivity index (χ1n) is 14.7. The number of ether oxygens (including phenoxy) is 2. The maximum Gasteiger partial charge on any atom is 0.246 e. The van der Waals surface area contributed by atoms with E-state index in [1.807, 2.05) is 53.6 Å². The maximum absolute atomic E-state index is 13.7. The molecule has 0 spiro atoms. The van der Waals surface area contributed by atoms with Gasteiger partial charge in [-0.05, 0) is 61.9 Å². The van der Waals surface area contributed by atoms with E-state index in [2.05, 4.69) is 4.98 Å². The van der Waals surface area contributed by atoms with Gasteiger partial charge in [-0.25, -0.2) is 5.01 Å². The number of hydrogen-bond donors (Lipinski definition) is 2. The van der Waals surface area contributed by atoms with Crippen LogP contribution in [0.4, 0.5) is 0 Å². The number of methoxy groups -OCH3 is 2. The molecule has 216 valence electrons. The maximum atomic E-state index is 13.7. The van der Waals surface area contributed by atoms with E-state index in [-0.39, 0.29) is 29.7 Å². The molecule has 9 heteroatoms. The van der Waals surface area contributed by atoms with E-state index < -0.39 is 6.04 Å². The van der Waals surface area contributed by atoms with Crippen molar-refractivity contribution in [3.8, 4) is 11.5 Å². The number of amides is 2. The summed E-state index contributed by atoms with van der Waals surface area (Å²) in [6.45, 7) is 1.12. The zero-order chi connectivity index (χ0) is 28.5. The van der Waals surface area contributed by atoms with Crippen LogP contribution in [0.2, 0.25) is 0 Å². The lowest BCUT2D eigenvalue weighted by molar-refractivity contribution is -0.143. The summed E-state index contributed by atoms with van der Waals surface area (Å²) in [6, 6.07) is 13.3. The van der Waals surface area contributed by atoms with Gasteiger partial charge in [-0.15, -0.1) is 0 Å². The number of nitrogens with zero attached hydrogens (tertiary/aromatic N) is 3. The van der Waals surface area contributed by atoms with Crippen molar-refractivity contribution in [2.45, 2.75) is 57.0 Å². The van der Waals surface area contributed by atoms with Gasteiger partial charge in [-0.3, -0.25) is 9.59 Å². The number of benzene rings is 2. The van der Waals surface area contributed by atoms with Gasteiger partial charge in [0.1, 0.15) is 0 Å². The second-order valence-electron chi connectivity index (χ2n) is 11.5. The Morgan fingerprint density at radius 2 is 1.76 bits per heavy atom. The Hall–Kier alpha value is -3.85. The molecule has 2 amide bonds. The molecule has 3 atom stereocenters. The number of carbonyl (C=O) groups excluding carboxylic acids is 2. The van der Waals surface area contributed by atoms with Gasteiger partial charge < -0.3 is 25.1 Å². The molecule has 2 fully saturated rings. The van der Waals surface area contributed by atoms with Crippen molar-refractivity contribution in [3.05, 3.63) is 59.8 Å². The van der Waals surface area contributed by atoms with Gasteiger partial charge in [-0.2, -0.15) is 5.10 Å². The second-order valence-corrected chi connectivity index (χ2v) is 11.5. The minimum absolute atomic E-state index is 0.0411. The number of hydrazone groups is 1. The number of likely N-dealkylation sites (tertiary alicyclic amines) is 1. The van der Waals surface area contributed by atoms with E-state index >= 15 is 0 Å². The molecule has 0 unspecified atom stereocenters. The molecule has 3 N–H and O–H groups in total. The van der Waals surface area contributed by atoms with E-state index in [1.165, 1.54) is 0 Å². The summed E-state index contributed by atoms with van der Waals surface area (Å²) in [5.41, 5.74) is 10.4. The monoisotopic (exact) mass is 557 g/mol. The number of rotatable bonds is 7. The zero-order valence-electron chi connectivity index (χ0n) is 23.8. The summed E-state index contributed by atoms with van der Waals surface area (Å²) in [4.78, 5) is 32.2. The van der Waals surface area contributed by atoms with Gasteiger partial charge in [-0.1, -0.05) is 31.0 Å². The van der Waals surface area contributed by atoms with Crippen LogP contribution >= 0.6 is 0 Å². The third-order valence-electron chi connectivity index (χ3n) is 9.11. The number of nitrogens with one attached hydrogen (secondary N) is 1. The number of carbonyl (C=O) groups is 2. The summed E-state index contributed by atoms with van der Waals surface area (Å²) in [5.74, 6) is 1.45. The minimum Gasteiger partial charge on any atom is -0.493 e. The van der Waals surface area contributed by atoms with Crippen molar-refractivity contribution in [3.63, 3.8) is 0 Å². The first-order chi connectivity index (χ1) is 20.0. The fourth-order valence-corrected chi connectivity index (χ4v) is 6.88. The minimum atomic E-state index is -0.611. The number of H-pyrrole nitrogens is 1. The summed E-state index contributed by atoms with van der Waals surface area (Å²) in [5, 5.41) is 7.87. The smallest absolute Gasteiger partial charge is 0.246 e. The number of hydrogen-bond acceptors (Lipinski definition) is 6. The number of piperidine rings is 1. The topological polar surface area (TPSA) is 113 Å². The van der Waals surface area contributed by atoms with E-state index in [0.29, 0.717) is 43.9 Å². The highest BCUT2D eigenvalue weighted by atomic mass is 16.5. The first kappa shape index (κ1) is 27.3. The Balaban J connectivity index is 1.17. The summed E-state index contributed by atoms with van der Waals surface area (Å²) in [7, 11) is 3.25. The number of aromatic amines is 1. The Morgan fingerprint density at radius 1 is 1.02 bits per heavy atom. The molecule has 2 aliphatic heterocycles. The molecule has 3 aromatic rings. The second kappa shape index (κ2) is 11.6. The molecule has 0 bridgehead atoms. The highest BCUT2D eigenvalue weighted by molar-refractivity contribution is 6.07. The predicted octanol–water partition coefficient (Wildman–Crippen LogP) is 4.10. The number of nitrogens with two attached hydrogens (primary N) is 1. The molecule has 1 saturated heterocycles. The molecule has 9 nitrogen and oxygen atoms in total. The van der Waals surface area contributed by atoms with E-state index in [4.69, 9.17) is 20.3 Å². The molecular weight excluding hydrogens is 518 g/mol. The number of fused-ring (bicyclic) bond motifs is 2. The Kier molecular flexibility index (Phi) is 7.71. The van der Waals surface area contributed by atoms with Crippen LogP contribution in [-0.2, 0) is 16.0 Å². The third-order valence-corrected chi connectivity index (χ3v) is 9.11. The van der Waals surface area contributed by atoms with Crippen molar-refractivity contribution >= 4 is 28.4 Å². The fourth-order valence-electron chi connectivity index (χ4n) is 6.88. The number of para-hydroxylation sites is 1. The Labute approximate surface area is 240 Å². The lowest BCUT2D eigenvalue weighted by Crippen LogP contribution is -2.54. The van der Waals surface area contributed by atoms with Crippen molar-refractivity contribution in [2.75, 3.05) is 27.3 Å². The highest BCUT2D eigenvalue weighted by Crippen LogP contribution is 2.40. The predicted molar refractivity (Wildman–Crippen MR) is 158 cm³/mol. The summed E-state index contributed by atoms with van der Waals surface area (Å²) >= 11 is 0. The van der Waals surface area contributed by atoms with Gasteiger partial charge in [0.2, 0.25) is 11.8 Å². The van der Waals surface area contributed by atoms with Crippen LogP contribution in [-0.4, -0.2) is 71.8 Å². The number of aromatic nitrogens is 1. The molecule has 3 aliphatic rings. The molecule has 0 radical (unpaired) electrons. The molecule has 6 rings (SSSR count). The Bertz CT molecular complexity index is 1460. The van der Waals surface area contributed by atoms with Crippen LogP contribution < -0.4 is 15.2 Å². The van der Waals surface area contributed by atoms with Gasteiger partial charge in [0.25, 0.3) is 0 Å². The summed E-state index contributed by atoms with van der Waals surface area (Å²) < 4.78 is 11.0. The van der Waals surface area contributed by atoms with Gasteiger partial charge in [0.05, 0.1) is 32.0 Å². The molecular formula is C32H39N5O4. The zero-order valence-corrected chi connectivity index (χ0v) is 23.8. The first-order valence-corrected chi connectivity index (χ1v) is 14.7. The SMILES string of the molecule is COc1ccc(C2=NN(C3CCN(C(=O)[C@H](N)Cc4c[nH]c5ccccc45)CC3)C(=O)[C@@H]3CCCC[C@H]23)cc1OC. The average molecular weight is 558 g/mol. The molecule has 2 aromatic carbocycles. The molecule has 1 aliphatic carbocycles. The van der Waals surface area contributed by atoms with E-state index in [1.54, 1.807) is 19.2 Å². The van der Waals surface area contributed by atoms with E-state index in [0.717, 1.165) is 53.4 Å². The highest BCUT2D eigenvalue weighted by Gasteiger charge is 2.44. The molecule has 3 heterocycles. The van der Waals surface area contributed by atoms with Crippen molar-refractivity contribution in [1.82, 2.24) is 14.9 Å². The van der Waals surface area contributed by atoms with Crippen LogP contribution in [0.1, 0.15) is 49.7 Å². The normalized spacial score (nSPS) is 22.3. The van der Waals surface area contributed by atoms with Crippen molar-refractivity contribution in [1.29, 1.82) is 0 Å². The summed E-state index contributed by atoms with van der Waals surface area (Å²) in [6.07, 6.45) is 7.77. The van der Waals surface area contributed by atoms with Crippen LogP contribution in [0.3, 0.4) is 0 Å². The van der Waals surface area contributed by atoms with Crippen molar-refractivity contribution < 1.29 is 19.1 Å². The van der Waals surface area contributed by atoms with Crippen LogP contribution in [0.25, 0.3) is 10.9 Å². The lowest BCUT2D eigenvalue weighted by atomic mass is 9.73. The van der Waals surface area contributed by atoms with Gasteiger partial charge in [0.15, 0.2) is 11.5 Å². The third kappa shape index (κ3) is 5.19. The largest absolute Gasteiger partial charge is 0.493 e. The van der Waals surface area contributed by atoms with Gasteiger partial charge in [0, 0.05) is 47.6 Å².